The minimum atomic E-state index is -0.179. The molecule has 0 aliphatic carbocycles. The van der Waals surface area contributed by atoms with Gasteiger partial charge in [-0.3, -0.25) is 9.89 Å². The summed E-state index contributed by atoms with van der Waals surface area (Å²) in [6, 6.07) is 27.4. The summed E-state index contributed by atoms with van der Waals surface area (Å²) in [5, 5.41) is 14.1. The van der Waals surface area contributed by atoms with Gasteiger partial charge in [0.05, 0.1) is 24.6 Å². The second-order valence-corrected chi connectivity index (χ2v) is 8.71. The highest BCUT2D eigenvalue weighted by Crippen LogP contribution is 2.34. The molecule has 0 radical (unpaired) electrons. The number of hydrogen-bond acceptors (Lipinski definition) is 6. The standard InChI is InChI=1S/C26H23N5O2S/c1-33-21-14-12-19(13-15-21)23-16-22(18-8-4-2-5-9-18)30-31(23)24(32)17-34-26-27-25(28-29-26)20-10-6-3-7-11-20/h2-15,23H,16-17H2,1H3,(H,27,28,29). The lowest BCUT2D eigenvalue weighted by atomic mass is 9.98. The van der Waals surface area contributed by atoms with Crippen molar-refractivity contribution in [3.63, 3.8) is 0 Å². The van der Waals surface area contributed by atoms with E-state index >= 15 is 0 Å². The largest absolute Gasteiger partial charge is 0.497 e. The Morgan fingerprint density at radius 1 is 1.00 bits per heavy atom. The summed E-state index contributed by atoms with van der Waals surface area (Å²) in [4.78, 5) is 17.8. The van der Waals surface area contributed by atoms with E-state index in [9.17, 15) is 4.79 Å². The van der Waals surface area contributed by atoms with E-state index in [-0.39, 0.29) is 17.7 Å². The molecular weight excluding hydrogens is 446 g/mol. The van der Waals surface area contributed by atoms with Gasteiger partial charge in [0, 0.05) is 12.0 Å². The molecule has 4 aromatic rings. The number of benzene rings is 3. The number of ether oxygens (including phenoxy) is 1. The monoisotopic (exact) mass is 469 g/mol. The number of hydrazone groups is 1. The Morgan fingerprint density at radius 3 is 2.35 bits per heavy atom. The summed E-state index contributed by atoms with van der Waals surface area (Å²) in [6.07, 6.45) is 0.644. The Hall–Kier alpha value is -3.91. The Balaban J connectivity index is 1.34. The topological polar surface area (TPSA) is 83.5 Å². The van der Waals surface area contributed by atoms with Crippen LogP contribution in [0, 0.1) is 0 Å². The molecule has 0 spiro atoms. The maximum Gasteiger partial charge on any atom is 0.253 e. The summed E-state index contributed by atoms with van der Waals surface area (Å²) in [7, 11) is 1.64. The van der Waals surface area contributed by atoms with E-state index in [0.717, 1.165) is 28.2 Å². The molecule has 1 N–H and O–H groups in total. The van der Waals surface area contributed by atoms with Crippen molar-refractivity contribution in [2.45, 2.75) is 17.6 Å². The minimum Gasteiger partial charge on any atom is -0.497 e. The molecule has 1 atom stereocenters. The lowest BCUT2D eigenvalue weighted by Crippen LogP contribution is -2.28. The Kier molecular flexibility index (Phi) is 6.40. The highest BCUT2D eigenvalue weighted by Gasteiger charge is 2.33. The summed E-state index contributed by atoms with van der Waals surface area (Å²) >= 11 is 1.30. The number of thioether (sulfide) groups is 1. The van der Waals surface area contributed by atoms with Crippen molar-refractivity contribution >= 4 is 23.4 Å². The first-order chi connectivity index (χ1) is 16.7. The summed E-state index contributed by atoms with van der Waals surface area (Å²) in [5.41, 5.74) is 3.87. The van der Waals surface area contributed by atoms with Crippen molar-refractivity contribution in [1.29, 1.82) is 0 Å². The van der Waals surface area contributed by atoms with E-state index in [4.69, 9.17) is 9.84 Å². The number of carbonyl (C=O) groups excluding carboxylic acids is 1. The van der Waals surface area contributed by atoms with Crippen LogP contribution in [-0.2, 0) is 4.79 Å². The van der Waals surface area contributed by atoms with Crippen molar-refractivity contribution < 1.29 is 9.53 Å². The van der Waals surface area contributed by atoms with Crippen molar-refractivity contribution in [2.75, 3.05) is 12.9 Å². The fourth-order valence-corrected chi connectivity index (χ4v) is 4.51. The number of rotatable bonds is 7. The van der Waals surface area contributed by atoms with E-state index in [1.54, 1.807) is 12.1 Å². The number of amides is 1. The summed E-state index contributed by atoms with van der Waals surface area (Å²) in [6.45, 7) is 0. The highest BCUT2D eigenvalue weighted by molar-refractivity contribution is 7.99. The Bertz CT molecular complexity index is 1290. The van der Waals surface area contributed by atoms with Crippen LogP contribution in [0.5, 0.6) is 5.75 Å². The van der Waals surface area contributed by atoms with Gasteiger partial charge in [-0.05, 0) is 23.3 Å². The predicted octanol–water partition coefficient (Wildman–Crippen LogP) is 4.95. The molecule has 5 rings (SSSR count). The molecule has 0 bridgehead atoms. The average molecular weight is 470 g/mol. The van der Waals surface area contributed by atoms with Gasteiger partial charge in [-0.15, -0.1) is 5.10 Å². The van der Waals surface area contributed by atoms with Gasteiger partial charge >= 0.3 is 0 Å². The maximum absolute atomic E-state index is 13.3. The zero-order valence-electron chi connectivity index (χ0n) is 18.6. The van der Waals surface area contributed by atoms with Gasteiger partial charge in [0.2, 0.25) is 5.16 Å². The average Bonchev–Trinajstić information content (AvgIpc) is 3.56. The molecule has 34 heavy (non-hydrogen) atoms. The smallest absolute Gasteiger partial charge is 0.253 e. The van der Waals surface area contributed by atoms with Crippen LogP contribution < -0.4 is 4.74 Å². The first-order valence-corrected chi connectivity index (χ1v) is 11.9. The summed E-state index contributed by atoms with van der Waals surface area (Å²) < 4.78 is 5.29. The number of hydrogen-bond donors (Lipinski definition) is 1. The van der Waals surface area contributed by atoms with Crippen molar-refractivity contribution in [2.24, 2.45) is 5.10 Å². The van der Waals surface area contributed by atoms with Crippen LogP contribution in [0.15, 0.2) is 95.2 Å². The number of H-pyrrole nitrogens is 1. The molecule has 1 aliphatic heterocycles. The third-order valence-corrected chi connectivity index (χ3v) is 6.44. The fraction of sp³-hybridized carbons (Fsp3) is 0.154. The number of methoxy groups -OCH3 is 1. The third kappa shape index (κ3) is 4.72. The predicted molar refractivity (Wildman–Crippen MR) is 133 cm³/mol. The molecule has 1 unspecified atom stereocenters. The number of carbonyl (C=O) groups is 1. The lowest BCUT2D eigenvalue weighted by Gasteiger charge is -2.22. The normalized spacial score (nSPS) is 15.3. The van der Waals surface area contributed by atoms with Crippen molar-refractivity contribution in [3.05, 3.63) is 96.1 Å². The molecule has 8 heteroatoms. The molecule has 1 aromatic heterocycles. The second-order valence-electron chi connectivity index (χ2n) is 7.77. The molecular formula is C26H23N5O2S. The fourth-order valence-electron chi connectivity index (χ4n) is 3.86. The Labute approximate surface area is 201 Å². The quantitative estimate of drug-likeness (QED) is 0.387. The van der Waals surface area contributed by atoms with E-state index in [1.165, 1.54) is 11.8 Å². The van der Waals surface area contributed by atoms with Crippen molar-refractivity contribution in [3.8, 4) is 17.1 Å². The van der Waals surface area contributed by atoms with Gasteiger partial charge in [0.25, 0.3) is 5.91 Å². The van der Waals surface area contributed by atoms with Crippen LogP contribution in [0.3, 0.4) is 0 Å². The van der Waals surface area contributed by atoms with Gasteiger partial charge in [-0.2, -0.15) is 5.10 Å². The van der Waals surface area contributed by atoms with E-state index in [0.29, 0.717) is 17.4 Å². The summed E-state index contributed by atoms with van der Waals surface area (Å²) in [5.74, 6) is 1.54. The zero-order valence-corrected chi connectivity index (χ0v) is 19.4. The van der Waals surface area contributed by atoms with E-state index in [2.05, 4.69) is 15.2 Å². The van der Waals surface area contributed by atoms with Crippen LogP contribution >= 0.6 is 11.8 Å². The van der Waals surface area contributed by atoms with Gasteiger partial charge in [-0.25, -0.2) is 9.99 Å². The molecule has 0 saturated heterocycles. The number of nitrogens with one attached hydrogen (secondary N) is 1. The van der Waals surface area contributed by atoms with Crippen LogP contribution in [-0.4, -0.2) is 44.7 Å². The van der Waals surface area contributed by atoms with Gasteiger partial charge in [0.15, 0.2) is 5.82 Å². The molecule has 7 nitrogen and oxygen atoms in total. The van der Waals surface area contributed by atoms with Gasteiger partial charge in [-0.1, -0.05) is 84.6 Å². The van der Waals surface area contributed by atoms with Gasteiger partial charge < -0.3 is 4.74 Å². The number of aromatic amines is 1. The van der Waals surface area contributed by atoms with Gasteiger partial charge in [0.1, 0.15) is 5.75 Å². The van der Waals surface area contributed by atoms with Crippen LogP contribution in [0.25, 0.3) is 11.4 Å². The van der Waals surface area contributed by atoms with Crippen molar-refractivity contribution in [1.82, 2.24) is 20.2 Å². The molecule has 1 aliphatic rings. The molecule has 170 valence electrons. The number of aromatic nitrogens is 3. The highest BCUT2D eigenvalue weighted by atomic mass is 32.2. The second kappa shape index (κ2) is 9.93. The van der Waals surface area contributed by atoms with Crippen LogP contribution in [0.1, 0.15) is 23.6 Å². The SMILES string of the molecule is COc1ccc(C2CC(c3ccccc3)=NN2C(=O)CSc2n[nH]c(-c3ccccc3)n2)cc1. The zero-order chi connectivity index (χ0) is 23.3. The molecule has 1 amide bonds. The maximum atomic E-state index is 13.3. The molecule has 0 saturated carbocycles. The third-order valence-electron chi connectivity index (χ3n) is 5.61. The molecule has 2 heterocycles. The minimum absolute atomic E-state index is 0.0946. The van der Waals surface area contributed by atoms with E-state index < -0.39 is 0 Å². The molecule has 3 aromatic carbocycles. The first-order valence-electron chi connectivity index (χ1n) is 10.9. The number of nitrogens with zero attached hydrogens (tertiary/aromatic N) is 4. The Morgan fingerprint density at radius 2 is 1.68 bits per heavy atom. The first kappa shape index (κ1) is 21.9. The molecule has 0 fully saturated rings. The lowest BCUT2D eigenvalue weighted by molar-refractivity contribution is -0.130. The van der Waals surface area contributed by atoms with E-state index in [1.807, 2.05) is 84.9 Å². The van der Waals surface area contributed by atoms with Crippen LogP contribution in [0.4, 0.5) is 0 Å². The van der Waals surface area contributed by atoms with Crippen LogP contribution in [0.2, 0.25) is 0 Å².